The molecule has 1 fully saturated rings. The minimum absolute atomic E-state index is 0.0336. The van der Waals surface area contributed by atoms with E-state index >= 15 is 0 Å². The number of nitrogens with one attached hydrogen (secondary N) is 1. The van der Waals surface area contributed by atoms with Crippen LogP contribution in [-0.4, -0.2) is 29.8 Å². The molecule has 19 heavy (non-hydrogen) atoms. The highest BCUT2D eigenvalue weighted by Crippen LogP contribution is 2.21. The van der Waals surface area contributed by atoms with Crippen molar-refractivity contribution >= 4 is 5.84 Å². The minimum Gasteiger partial charge on any atom is -0.409 e. The first-order valence-corrected chi connectivity index (χ1v) is 6.59. The summed E-state index contributed by atoms with van der Waals surface area (Å²) in [6, 6.07) is 10.4. The average Bonchev–Trinajstić information content (AvgIpc) is 2.84. The number of amidine groups is 1. The van der Waals surface area contributed by atoms with Crippen molar-refractivity contribution in [3.63, 3.8) is 0 Å². The number of hydrogen-bond acceptors (Lipinski definition) is 4. The van der Waals surface area contributed by atoms with E-state index in [2.05, 4.69) is 17.4 Å². The van der Waals surface area contributed by atoms with Crippen LogP contribution in [0, 0.1) is 0 Å². The van der Waals surface area contributed by atoms with Gasteiger partial charge < -0.3 is 21.0 Å². The maximum Gasteiger partial charge on any atom is 0.141 e. The van der Waals surface area contributed by atoms with Gasteiger partial charge in [-0.15, -0.1) is 0 Å². The Kier molecular flexibility index (Phi) is 4.76. The number of benzene rings is 1. The minimum atomic E-state index is 0.0336. The van der Waals surface area contributed by atoms with Gasteiger partial charge in [-0.1, -0.05) is 35.5 Å². The van der Waals surface area contributed by atoms with Crippen molar-refractivity contribution in [2.75, 3.05) is 6.61 Å². The summed E-state index contributed by atoms with van der Waals surface area (Å²) in [6.45, 7) is 2.85. The summed E-state index contributed by atoms with van der Waals surface area (Å²) in [5.41, 5.74) is 6.78. The molecule has 0 radical (unpaired) electrons. The Morgan fingerprint density at radius 1 is 1.53 bits per heavy atom. The van der Waals surface area contributed by atoms with E-state index in [0.29, 0.717) is 12.5 Å². The van der Waals surface area contributed by atoms with E-state index < -0.39 is 0 Å². The van der Waals surface area contributed by atoms with E-state index in [4.69, 9.17) is 15.7 Å². The Morgan fingerprint density at radius 2 is 2.26 bits per heavy atom. The van der Waals surface area contributed by atoms with Crippen LogP contribution in [0.3, 0.4) is 0 Å². The van der Waals surface area contributed by atoms with E-state index in [1.807, 2.05) is 30.3 Å². The molecular weight excluding hydrogens is 242 g/mol. The first kappa shape index (κ1) is 13.8. The van der Waals surface area contributed by atoms with E-state index in [-0.39, 0.29) is 18.0 Å². The summed E-state index contributed by atoms with van der Waals surface area (Å²) in [6.07, 6.45) is 1.66. The van der Waals surface area contributed by atoms with Crippen molar-refractivity contribution in [2.24, 2.45) is 10.9 Å². The fourth-order valence-corrected chi connectivity index (χ4v) is 2.42. The Bertz CT molecular complexity index is 422. The molecule has 3 unspecified atom stereocenters. The first-order valence-electron chi connectivity index (χ1n) is 6.59. The number of rotatable bonds is 5. The van der Waals surface area contributed by atoms with Gasteiger partial charge >= 0.3 is 0 Å². The van der Waals surface area contributed by atoms with Gasteiger partial charge in [-0.2, -0.15) is 0 Å². The SMILES string of the molecule is CC1OCCC1NC(C/C(N)=N/O)c1ccccc1. The van der Waals surface area contributed by atoms with Gasteiger partial charge in [0, 0.05) is 25.1 Å². The molecule has 0 aliphatic carbocycles. The van der Waals surface area contributed by atoms with Crippen LogP contribution in [0.4, 0.5) is 0 Å². The van der Waals surface area contributed by atoms with Crippen LogP contribution in [0.15, 0.2) is 35.5 Å². The van der Waals surface area contributed by atoms with Crippen LogP contribution in [0.1, 0.15) is 31.4 Å². The molecule has 0 amide bonds. The second kappa shape index (κ2) is 6.54. The molecule has 0 bridgehead atoms. The molecule has 1 aromatic rings. The summed E-state index contributed by atoms with van der Waals surface area (Å²) in [5, 5.41) is 15.4. The summed E-state index contributed by atoms with van der Waals surface area (Å²) < 4.78 is 5.56. The second-order valence-corrected chi connectivity index (χ2v) is 4.90. The van der Waals surface area contributed by atoms with E-state index in [9.17, 15) is 0 Å². The molecule has 1 aliphatic rings. The summed E-state index contributed by atoms with van der Waals surface area (Å²) in [7, 11) is 0. The highest BCUT2D eigenvalue weighted by Gasteiger charge is 2.27. The van der Waals surface area contributed by atoms with Gasteiger partial charge in [0.15, 0.2) is 0 Å². The Balaban J connectivity index is 2.10. The van der Waals surface area contributed by atoms with Crippen LogP contribution >= 0.6 is 0 Å². The highest BCUT2D eigenvalue weighted by atomic mass is 16.5. The van der Waals surface area contributed by atoms with Crippen molar-refractivity contribution in [3.8, 4) is 0 Å². The predicted octanol–water partition coefficient (Wildman–Crippen LogP) is 1.63. The molecular formula is C14H21N3O2. The summed E-state index contributed by atoms with van der Waals surface area (Å²) >= 11 is 0. The molecule has 5 heteroatoms. The largest absolute Gasteiger partial charge is 0.409 e. The predicted molar refractivity (Wildman–Crippen MR) is 74.2 cm³/mol. The fraction of sp³-hybridized carbons (Fsp3) is 0.500. The van der Waals surface area contributed by atoms with Crippen LogP contribution < -0.4 is 11.1 Å². The molecule has 0 spiro atoms. The van der Waals surface area contributed by atoms with Gasteiger partial charge in [0.05, 0.1) is 6.10 Å². The van der Waals surface area contributed by atoms with Crippen LogP contribution in [0.5, 0.6) is 0 Å². The zero-order valence-corrected chi connectivity index (χ0v) is 11.1. The normalized spacial score (nSPS) is 25.4. The lowest BCUT2D eigenvalue weighted by Gasteiger charge is -2.24. The van der Waals surface area contributed by atoms with Gasteiger partial charge in [-0.05, 0) is 18.9 Å². The molecule has 1 aliphatic heterocycles. The lowest BCUT2D eigenvalue weighted by Crippen LogP contribution is -2.39. The first-order chi connectivity index (χ1) is 9.20. The Hall–Kier alpha value is -1.59. The van der Waals surface area contributed by atoms with E-state index in [1.165, 1.54) is 0 Å². The number of oxime groups is 1. The van der Waals surface area contributed by atoms with Crippen molar-refractivity contribution in [3.05, 3.63) is 35.9 Å². The van der Waals surface area contributed by atoms with Crippen LogP contribution in [0.2, 0.25) is 0 Å². The van der Waals surface area contributed by atoms with Gasteiger partial charge in [0.25, 0.3) is 0 Å². The average molecular weight is 263 g/mol. The topological polar surface area (TPSA) is 79.9 Å². The highest BCUT2D eigenvalue weighted by molar-refractivity contribution is 5.80. The maximum atomic E-state index is 8.75. The quantitative estimate of drug-likeness (QED) is 0.326. The van der Waals surface area contributed by atoms with E-state index in [1.54, 1.807) is 0 Å². The third kappa shape index (κ3) is 3.68. The summed E-state index contributed by atoms with van der Waals surface area (Å²) in [5.74, 6) is 0.230. The zero-order chi connectivity index (χ0) is 13.7. The Labute approximate surface area is 113 Å². The molecule has 4 N–H and O–H groups in total. The maximum absolute atomic E-state index is 8.75. The fourth-order valence-electron chi connectivity index (χ4n) is 2.42. The monoisotopic (exact) mass is 263 g/mol. The second-order valence-electron chi connectivity index (χ2n) is 4.90. The lowest BCUT2D eigenvalue weighted by molar-refractivity contribution is 0.111. The molecule has 2 rings (SSSR count). The smallest absolute Gasteiger partial charge is 0.141 e. The molecule has 104 valence electrons. The van der Waals surface area contributed by atoms with Gasteiger partial charge in [-0.25, -0.2) is 0 Å². The molecule has 0 aromatic heterocycles. The van der Waals surface area contributed by atoms with Crippen molar-refractivity contribution in [1.82, 2.24) is 5.32 Å². The molecule has 1 aromatic carbocycles. The molecule has 5 nitrogen and oxygen atoms in total. The van der Waals surface area contributed by atoms with E-state index in [0.717, 1.165) is 18.6 Å². The number of ether oxygens (including phenoxy) is 1. The van der Waals surface area contributed by atoms with Gasteiger partial charge in [0.1, 0.15) is 5.84 Å². The zero-order valence-electron chi connectivity index (χ0n) is 11.1. The van der Waals surface area contributed by atoms with Crippen molar-refractivity contribution < 1.29 is 9.94 Å². The van der Waals surface area contributed by atoms with Gasteiger partial charge in [0.2, 0.25) is 0 Å². The third-order valence-electron chi connectivity index (χ3n) is 3.54. The lowest BCUT2D eigenvalue weighted by atomic mass is 10.0. The summed E-state index contributed by atoms with van der Waals surface area (Å²) in [4.78, 5) is 0. The molecule has 1 saturated heterocycles. The molecule has 0 saturated carbocycles. The van der Waals surface area contributed by atoms with Crippen LogP contribution in [0.25, 0.3) is 0 Å². The third-order valence-corrected chi connectivity index (χ3v) is 3.54. The number of hydrogen-bond donors (Lipinski definition) is 3. The van der Waals surface area contributed by atoms with Gasteiger partial charge in [-0.3, -0.25) is 0 Å². The molecule has 3 atom stereocenters. The van der Waals surface area contributed by atoms with Crippen molar-refractivity contribution in [1.29, 1.82) is 0 Å². The van der Waals surface area contributed by atoms with Crippen molar-refractivity contribution in [2.45, 2.75) is 38.0 Å². The molecule has 1 heterocycles. The Morgan fingerprint density at radius 3 is 2.84 bits per heavy atom. The number of nitrogens with two attached hydrogens (primary N) is 1. The number of nitrogens with zero attached hydrogens (tertiary/aromatic N) is 1. The van der Waals surface area contributed by atoms with Crippen LogP contribution in [-0.2, 0) is 4.74 Å². The standard InChI is InChI=1S/C14H21N3O2/c1-10-12(7-8-19-10)16-13(9-14(15)17-18)11-5-3-2-4-6-11/h2-6,10,12-13,16,18H,7-9H2,1H3,(H2,15,17).